The summed E-state index contributed by atoms with van der Waals surface area (Å²) < 4.78 is 30.0. The lowest BCUT2D eigenvalue weighted by Gasteiger charge is -2.09. The fourth-order valence-electron chi connectivity index (χ4n) is 3.61. The van der Waals surface area contributed by atoms with Crippen molar-refractivity contribution in [1.82, 2.24) is 35.4 Å². The molecule has 9 heteroatoms. The molecular weight excluding hydrogens is 424 g/mol. The number of hydrogen-bond acceptors (Lipinski definition) is 5. The highest BCUT2D eigenvalue weighted by atomic mass is 19.3. The molecule has 2 aromatic carbocycles. The van der Waals surface area contributed by atoms with Crippen molar-refractivity contribution in [2.75, 3.05) is 0 Å². The fraction of sp³-hybridized carbons (Fsp3) is 0.375. The predicted octanol–water partition coefficient (Wildman–Crippen LogP) is 4.80. The molecule has 0 aliphatic heterocycles. The predicted molar refractivity (Wildman–Crippen MR) is 121 cm³/mol. The largest absolute Gasteiger partial charge is 0.308 e. The Kier molecular flexibility index (Phi) is 6.57. The third-order valence-electron chi connectivity index (χ3n) is 5.42. The maximum Gasteiger partial charge on any atom is 0.308 e. The lowest BCUT2D eigenvalue weighted by molar-refractivity contribution is -0.0177. The third-order valence-corrected chi connectivity index (χ3v) is 5.42. The van der Waals surface area contributed by atoms with Crippen LogP contribution < -0.4 is 0 Å². The summed E-state index contributed by atoms with van der Waals surface area (Å²) in [5, 5.41) is 18.1. The summed E-state index contributed by atoms with van der Waals surface area (Å²) in [5.41, 5.74) is 4.20. The van der Waals surface area contributed by atoms with E-state index in [1.807, 2.05) is 38.1 Å². The van der Waals surface area contributed by atoms with Gasteiger partial charge in [0.1, 0.15) is 5.82 Å². The molecule has 2 aromatic heterocycles. The topological polar surface area (TPSA) is 85.2 Å². The minimum Gasteiger partial charge on any atom is -0.245 e. The van der Waals surface area contributed by atoms with Crippen molar-refractivity contribution in [1.29, 1.82) is 0 Å². The van der Waals surface area contributed by atoms with Crippen LogP contribution in [0, 0.1) is 5.92 Å². The van der Waals surface area contributed by atoms with Crippen LogP contribution in [0.15, 0.2) is 48.5 Å². The van der Waals surface area contributed by atoms with Crippen LogP contribution in [-0.4, -0.2) is 35.4 Å². The Hall–Kier alpha value is -3.49. The minimum atomic E-state index is -3.02. The van der Waals surface area contributed by atoms with Gasteiger partial charge in [-0.2, -0.15) is 8.78 Å². The smallest absolute Gasteiger partial charge is 0.245 e. The monoisotopic (exact) mass is 451 g/mol. The second-order valence-electron chi connectivity index (χ2n) is 8.61. The Morgan fingerprint density at radius 1 is 1.03 bits per heavy atom. The second-order valence-corrected chi connectivity index (χ2v) is 8.61. The van der Waals surface area contributed by atoms with Gasteiger partial charge in [-0.15, -0.1) is 10.2 Å². The number of nitrogens with zero attached hydrogens (tertiary/aromatic N) is 6. The van der Waals surface area contributed by atoms with Gasteiger partial charge in [0, 0.05) is 18.4 Å². The first-order valence-corrected chi connectivity index (χ1v) is 11.1. The zero-order valence-corrected chi connectivity index (χ0v) is 19.0. The van der Waals surface area contributed by atoms with Crippen LogP contribution in [0.4, 0.5) is 8.78 Å². The molecule has 2 heterocycles. The van der Waals surface area contributed by atoms with E-state index in [1.165, 1.54) is 6.92 Å². The molecule has 33 heavy (non-hydrogen) atoms. The summed E-state index contributed by atoms with van der Waals surface area (Å²) in [6, 6.07) is 16.2. The van der Waals surface area contributed by atoms with Crippen LogP contribution in [0.1, 0.15) is 55.5 Å². The zero-order valence-electron chi connectivity index (χ0n) is 19.0. The van der Waals surface area contributed by atoms with Crippen LogP contribution in [0.25, 0.3) is 11.4 Å². The van der Waals surface area contributed by atoms with E-state index in [4.69, 9.17) is 0 Å². The van der Waals surface area contributed by atoms with E-state index in [2.05, 4.69) is 55.0 Å². The van der Waals surface area contributed by atoms with Crippen LogP contribution >= 0.6 is 0 Å². The van der Waals surface area contributed by atoms with Crippen molar-refractivity contribution in [3.8, 4) is 11.4 Å². The number of H-pyrrole nitrogens is 1. The molecule has 0 saturated heterocycles. The third kappa shape index (κ3) is 5.47. The molecule has 0 aliphatic rings. The number of hydrogen-bond donors (Lipinski definition) is 1. The molecular formula is C24H27F2N7. The van der Waals surface area contributed by atoms with Crippen LogP contribution in [0.2, 0.25) is 0 Å². The average molecular weight is 452 g/mol. The Balaban J connectivity index is 1.49. The van der Waals surface area contributed by atoms with Gasteiger partial charge in [-0.25, -0.2) is 14.8 Å². The zero-order chi connectivity index (χ0) is 23.4. The van der Waals surface area contributed by atoms with Crippen molar-refractivity contribution < 1.29 is 8.78 Å². The highest BCUT2D eigenvalue weighted by molar-refractivity contribution is 5.55. The molecule has 0 radical (unpaired) electrons. The fourth-order valence-corrected chi connectivity index (χ4v) is 3.61. The van der Waals surface area contributed by atoms with Crippen LogP contribution in [-0.2, 0) is 25.3 Å². The van der Waals surface area contributed by atoms with E-state index in [1.54, 1.807) is 4.68 Å². The molecule has 7 nitrogen and oxygen atoms in total. The lowest BCUT2D eigenvalue weighted by atomic mass is 10.0. The summed E-state index contributed by atoms with van der Waals surface area (Å²) in [5.74, 6) is -1.89. The number of benzene rings is 2. The van der Waals surface area contributed by atoms with Crippen LogP contribution in [0.3, 0.4) is 0 Å². The van der Waals surface area contributed by atoms with Gasteiger partial charge in [0.2, 0.25) is 5.82 Å². The van der Waals surface area contributed by atoms with Gasteiger partial charge in [0.15, 0.2) is 5.82 Å². The number of nitrogens with one attached hydrogen (secondary N) is 1. The molecule has 0 saturated carbocycles. The van der Waals surface area contributed by atoms with Crippen LogP contribution in [0.5, 0.6) is 0 Å². The number of aromatic amines is 1. The molecule has 4 aromatic rings. The van der Waals surface area contributed by atoms with Crippen molar-refractivity contribution in [3.05, 3.63) is 76.9 Å². The van der Waals surface area contributed by atoms with Crippen molar-refractivity contribution in [2.45, 2.75) is 52.5 Å². The van der Waals surface area contributed by atoms with Gasteiger partial charge in [-0.05, 0) is 45.5 Å². The summed E-state index contributed by atoms with van der Waals surface area (Å²) >= 11 is 0. The van der Waals surface area contributed by atoms with E-state index in [0.717, 1.165) is 28.7 Å². The molecule has 172 valence electrons. The van der Waals surface area contributed by atoms with Gasteiger partial charge in [0.05, 0.1) is 6.54 Å². The van der Waals surface area contributed by atoms with Gasteiger partial charge in [0.25, 0.3) is 0 Å². The summed E-state index contributed by atoms with van der Waals surface area (Å²) in [7, 11) is 0. The first-order valence-electron chi connectivity index (χ1n) is 11.1. The molecule has 1 N–H and O–H groups in total. The molecule has 4 rings (SSSR count). The van der Waals surface area contributed by atoms with Crippen molar-refractivity contribution >= 4 is 0 Å². The number of halogens is 2. The highest BCUT2D eigenvalue weighted by Crippen LogP contribution is 2.29. The van der Waals surface area contributed by atoms with Gasteiger partial charge >= 0.3 is 5.92 Å². The van der Waals surface area contributed by atoms with Crippen molar-refractivity contribution in [2.24, 2.45) is 5.92 Å². The van der Waals surface area contributed by atoms with Crippen molar-refractivity contribution in [3.63, 3.8) is 0 Å². The van der Waals surface area contributed by atoms with E-state index in [-0.39, 0.29) is 12.2 Å². The molecule has 0 atom stereocenters. The number of rotatable bonds is 9. The van der Waals surface area contributed by atoms with E-state index < -0.39 is 5.92 Å². The molecule has 0 amide bonds. The SMILES string of the molecule is CCC(F)(F)c1nc(CC(C)C)n(Cc2ccc(Cc3cccc(-c4nnn[nH]4)c3)cc2)n1. The van der Waals surface area contributed by atoms with Gasteiger partial charge in [-0.1, -0.05) is 63.2 Å². The van der Waals surface area contributed by atoms with Gasteiger partial charge in [-0.3, -0.25) is 0 Å². The molecule has 0 bridgehead atoms. The Labute approximate surface area is 191 Å². The first-order chi connectivity index (χ1) is 15.8. The molecule has 0 unspecified atom stereocenters. The number of tetrazole rings is 1. The summed E-state index contributed by atoms with van der Waals surface area (Å²) in [6.07, 6.45) is 1.04. The maximum absolute atomic E-state index is 14.2. The minimum absolute atomic E-state index is 0.293. The average Bonchev–Trinajstić information content (AvgIpc) is 3.46. The summed E-state index contributed by atoms with van der Waals surface area (Å²) in [4.78, 5) is 4.18. The Morgan fingerprint density at radius 3 is 2.45 bits per heavy atom. The van der Waals surface area contributed by atoms with E-state index >= 15 is 0 Å². The maximum atomic E-state index is 14.2. The number of aromatic nitrogens is 7. The Bertz CT molecular complexity index is 1180. The normalized spacial score (nSPS) is 11.9. The Morgan fingerprint density at radius 2 is 1.79 bits per heavy atom. The molecule has 0 spiro atoms. The standard InChI is InChI=1S/C24H27F2N7/c1-4-24(25,26)23-27-21(12-16(2)3)33(30-23)15-18-10-8-17(9-11-18)13-19-6-5-7-20(14-19)22-28-31-32-29-22/h5-11,14,16H,4,12-13,15H2,1-3H3,(H,28,29,31,32). The molecule has 0 aliphatic carbocycles. The van der Waals surface area contributed by atoms with Gasteiger partial charge < -0.3 is 0 Å². The first kappa shape index (κ1) is 22.7. The highest BCUT2D eigenvalue weighted by Gasteiger charge is 2.35. The van der Waals surface area contributed by atoms with E-state index in [9.17, 15) is 8.78 Å². The summed E-state index contributed by atoms with van der Waals surface area (Å²) in [6.45, 7) is 5.93. The quantitative estimate of drug-likeness (QED) is 0.395. The second kappa shape index (κ2) is 9.56. The molecule has 0 fully saturated rings. The lowest BCUT2D eigenvalue weighted by Crippen LogP contribution is -2.14. The van der Waals surface area contributed by atoms with E-state index in [0.29, 0.717) is 30.5 Å². The number of alkyl halides is 2.